The molecule has 7 heteroatoms. The molecule has 0 saturated heterocycles. The lowest BCUT2D eigenvalue weighted by Gasteiger charge is -2.05. The summed E-state index contributed by atoms with van der Waals surface area (Å²) >= 11 is 10.7. The molecule has 96 valence electrons. The highest BCUT2D eigenvalue weighted by molar-refractivity contribution is 7.80. The standard InChI is InChI=1S/C12H9ClN4OS/c13-8-2-1-5-15-11(8)17-12(18)9-4-3-7(6-16-9)10(14)19/h1-6H,(H2,14,19)(H,15,17,18). The van der Waals surface area contributed by atoms with Crippen LogP contribution in [0.15, 0.2) is 36.7 Å². The largest absolute Gasteiger partial charge is 0.389 e. The van der Waals surface area contributed by atoms with Crippen molar-refractivity contribution in [1.82, 2.24) is 9.97 Å². The molecule has 0 aliphatic heterocycles. The van der Waals surface area contributed by atoms with Crippen molar-refractivity contribution in [1.29, 1.82) is 0 Å². The van der Waals surface area contributed by atoms with E-state index < -0.39 is 5.91 Å². The van der Waals surface area contributed by atoms with E-state index >= 15 is 0 Å². The van der Waals surface area contributed by atoms with Gasteiger partial charge in [-0.25, -0.2) is 4.98 Å². The van der Waals surface area contributed by atoms with Crippen molar-refractivity contribution in [2.75, 3.05) is 5.32 Å². The van der Waals surface area contributed by atoms with Gasteiger partial charge < -0.3 is 11.1 Å². The van der Waals surface area contributed by atoms with Crippen molar-refractivity contribution in [3.63, 3.8) is 0 Å². The van der Waals surface area contributed by atoms with Gasteiger partial charge in [-0.2, -0.15) is 0 Å². The van der Waals surface area contributed by atoms with Gasteiger partial charge in [-0.15, -0.1) is 0 Å². The molecule has 5 nitrogen and oxygen atoms in total. The smallest absolute Gasteiger partial charge is 0.275 e. The molecule has 19 heavy (non-hydrogen) atoms. The summed E-state index contributed by atoms with van der Waals surface area (Å²) in [6, 6.07) is 6.46. The maximum absolute atomic E-state index is 11.9. The molecule has 0 saturated carbocycles. The number of pyridine rings is 2. The van der Waals surface area contributed by atoms with Gasteiger partial charge in [0, 0.05) is 18.0 Å². The van der Waals surface area contributed by atoms with Crippen LogP contribution in [0.1, 0.15) is 16.1 Å². The van der Waals surface area contributed by atoms with Crippen LogP contribution in [0.2, 0.25) is 5.02 Å². The van der Waals surface area contributed by atoms with Crippen LogP contribution in [0.5, 0.6) is 0 Å². The molecule has 0 aliphatic rings. The first kappa shape index (κ1) is 13.4. The summed E-state index contributed by atoms with van der Waals surface area (Å²) in [7, 11) is 0. The number of nitrogens with two attached hydrogens (primary N) is 1. The summed E-state index contributed by atoms with van der Waals surface area (Å²) in [5.74, 6) is -0.121. The number of hydrogen-bond acceptors (Lipinski definition) is 4. The zero-order valence-corrected chi connectivity index (χ0v) is 11.2. The van der Waals surface area contributed by atoms with Crippen LogP contribution < -0.4 is 11.1 Å². The molecule has 1 amide bonds. The Kier molecular flexibility index (Phi) is 4.03. The van der Waals surface area contributed by atoms with Crippen LogP contribution in [0.4, 0.5) is 5.82 Å². The average Bonchev–Trinajstić information content (AvgIpc) is 2.41. The Hall–Kier alpha value is -2.05. The van der Waals surface area contributed by atoms with Crippen LogP contribution in [0.3, 0.4) is 0 Å². The molecule has 0 aromatic carbocycles. The van der Waals surface area contributed by atoms with Gasteiger partial charge in [0.05, 0.1) is 5.02 Å². The number of nitrogens with one attached hydrogen (secondary N) is 1. The number of hydrogen-bond donors (Lipinski definition) is 2. The highest BCUT2D eigenvalue weighted by atomic mass is 35.5. The van der Waals surface area contributed by atoms with Crippen molar-refractivity contribution in [2.24, 2.45) is 5.73 Å². The molecule has 0 fully saturated rings. The normalized spacial score (nSPS) is 9.95. The Morgan fingerprint density at radius 2 is 2.11 bits per heavy atom. The van der Waals surface area contributed by atoms with E-state index in [1.165, 1.54) is 18.5 Å². The van der Waals surface area contributed by atoms with Crippen LogP contribution in [0.25, 0.3) is 0 Å². The second-order valence-corrected chi connectivity index (χ2v) is 4.43. The first-order valence-electron chi connectivity index (χ1n) is 5.25. The number of thiocarbonyl (C=S) groups is 1. The number of amides is 1. The van der Waals surface area contributed by atoms with E-state index in [9.17, 15) is 4.79 Å². The molecule has 2 heterocycles. The molecule has 0 unspecified atom stereocenters. The van der Waals surface area contributed by atoms with Crippen LogP contribution >= 0.6 is 23.8 Å². The van der Waals surface area contributed by atoms with Crippen molar-refractivity contribution >= 4 is 40.5 Å². The second kappa shape index (κ2) is 5.73. The van der Waals surface area contributed by atoms with Gasteiger partial charge in [-0.3, -0.25) is 9.78 Å². The SMILES string of the molecule is NC(=S)c1ccc(C(=O)Nc2ncccc2Cl)nc1. The topological polar surface area (TPSA) is 80.9 Å². The third-order valence-corrected chi connectivity index (χ3v) is 2.81. The first-order valence-corrected chi connectivity index (χ1v) is 6.04. The number of carbonyl (C=O) groups excluding carboxylic acids is 1. The van der Waals surface area contributed by atoms with Crippen LogP contribution in [0, 0.1) is 0 Å². The van der Waals surface area contributed by atoms with Crippen LogP contribution in [-0.4, -0.2) is 20.9 Å². The molecule has 2 aromatic rings. The quantitative estimate of drug-likeness (QED) is 0.846. The Morgan fingerprint density at radius 3 is 2.68 bits per heavy atom. The highest BCUT2D eigenvalue weighted by Gasteiger charge is 2.10. The third-order valence-electron chi connectivity index (χ3n) is 2.27. The lowest BCUT2D eigenvalue weighted by molar-refractivity contribution is 0.102. The van der Waals surface area contributed by atoms with Gasteiger partial charge in [-0.1, -0.05) is 23.8 Å². The Balaban J connectivity index is 2.16. The number of halogens is 1. The molecule has 2 aromatic heterocycles. The van der Waals surface area contributed by atoms with Gasteiger partial charge >= 0.3 is 0 Å². The van der Waals surface area contributed by atoms with E-state index in [1.54, 1.807) is 18.2 Å². The molecule has 2 rings (SSSR count). The molecule has 3 N–H and O–H groups in total. The van der Waals surface area contributed by atoms with E-state index in [-0.39, 0.29) is 16.5 Å². The monoisotopic (exact) mass is 292 g/mol. The van der Waals surface area contributed by atoms with Gasteiger partial charge in [0.15, 0.2) is 5.82 Å². The summed E-state index contributed by atoms with van der Waals surface area (Å²) in [5.41, 5.74) is 6.27. The Bertz CT molecular complexity index is 630. The van der Waals surface area contributed by atoms with E-state index in [2.05, 4.69) is 15.3 Å². The zero-order chi connectivity index (χ0) is 13.8. The zero-order valence-electron chi connectivity index (χ0n) is 9.63. The minimum atomic E-state index is -0.407. The first-order chi connectivity index (χ1) is 9.08. The predicted octanol–water partition coefficient (Wildman–Crippen LogP) is 2.02. The summed E-state index contributed by atoms with van der Waals surface area (Å²) < 4.78 is 0. The van der Waals surface area contributed by atoms with Crippen molar-refractivity contribution in [2.45, 2.75) is 0 Å². The summed E-state index contributed by atoms with van der Waals surface area (Å²) in [5, 5.41) is 2.92. The van der Waals surface area contributed by atoms with E-state index in [1.807, 2.05) is 0 Å². The molecular formula is C12H9ClN4OS. The number of aromatic nitrogens is 2. The average molecular weight is 293 g/mol. The highest BCUT2D eigenvalue weighted by Crippen LogP contribution is 2.17. The maximum atomic E-state index is 11.9. The molecule has 0 radical (unpaired) electrons. The fraction of sp³-hybridized carbons (Fsp3) is 0. The summed E-state index contributed by atoms with van der Waals surface area (Å²) in [6.07, 6.45) is 2.97. The van der Waals surface area contributed by atoms with Crippen molar-refractivity contribution in [3.05, 3.63) is 52.9 Å². The number of anilines is 1. The van der Waals surface area contributed by atoms with Gasteiger partial charge in [-0.05, 0) is 24.3 Å². The van der Waals surface area contributed by atoms with Crippen molar-refractivity contribution in [3.8, 4) is 0 Å². The van der Waals surface area contributed by atoms with E-state index in [4.69, 9.17) is 29.6 Å². The van der Waals surface area contributed by atoms with Gasteiger partial charge in [0.2, 0.25) is 0 Å². The fourth-order valence-electron chi connectivity index (χ4n) is 1.32. The Morgan fingerprint density at radius 1 is 1.32 bits per heavy atom. The molecule has 0 bridgehead atoms. The summed E-state index contributed by atoms with van der Waals surface area (Å²) in [4.78, 5) is 20.1. The summed E-state index contributed by atoms with van der Waals surface area (Å²) in [6.45, 7) is 0. The predicted molar refractivity (Wildman–Crippen MR) is 77.3 cm³/mol. The Labute approximate surface area is 119 Å². The maximum Gasteiger partial charge on any atom is 0.275 e. The van der Waals surface area contributed by atoms with Crippen molar-refractivity contribution < 1.29 is 4.79 Å². The van der Waals surface area contributed by atoms with Gasteiger partial charge in [0.25, 0.3) is 5.91 Å². The molecular weight excluding hydrogens is 284 g/mol. The number of nitrogens with zero attached hydrogens (tertiary/aromatic N) is 2. The lowest BCUT2D eigenvalue weighted by atomic mass is 10.2. The fourth-order valence-corrected chi connectivity index (χ4v) is 1.61. The minimum Gasteiger partial charge on any atom is -0.389 e. The number of rotatable bonds is 3. The molecule has 0 spiro atoms. The minimum absolute atomic E-state index is 0.224. The third kappa shape index (κ3) is 3.24. The second-order valence-electron chi connectivity index (χ2n) is 3.58. The van der Waals surface area contributed by atoms with Gasteiger partial charge in [0.1, 0.15) is 10.7 Å². The van der Waals surface area contributed by atoms with E-state index in [0.717, 1.165) is 0 Å². The van der Waals surface area contributed by atoms with Crippen LogP contribution in [-0.2, 0) is 0 Å². The van der Waals surface area contributed by atoms with E-state index in [0.29, 0.717) is 10.6 Å². The number of carbonyl (C=O) groups is 1. The molecule has 0 aliphatic carbocycles. The lowest BCUT2D eigenvalue weighted by Crippen LogP contribution is -2.16. The molecule has 0 atom stereocenters.